The van der Waals surface area contributed by atoms with Crippen molar-refractivity contribution in [1.82, 2.24) is 10.2 Å². The number of likely N-dealkylation sites (tertiary alicyclic amines) is 1. The summed E-state index contributed by atoms with van der Waals surface area (Å²) in [5.41, 5.74) is 6.66. The number of piperidine rings is 1. The highest BCUT2D eigenvalue weighted by atomic mass is 35.5. The summed E-state index contributed by atoms with van der Waals surface area (Å²) in [5, 5.41) is 14.1. The van der Waals surface area contributed by atoms with Crippen LogP contribution >= 0.6 is 23.2 Å². The molecule has 1 saturated heterocycles. The molecule has 2 fully saturated rings. The number of ether oxygens (including phenoxy) is 3. The Morgan fingerprint density at radius 3 is 2.62 bits per heavy atom. The summed E-state index contributed by atoms with van der Waals surface area (Å²) in [4.78, 5) is 17.9. The van der Waals surface area contributed by atoms with Crippen molar-refractivity contribution < 1.29 is 19.0 Å². The zero-order valence-corrected chi connectivity index (χ0v) is 33.4. The summed E-state index contributed by atoms with van der Waals surface area (Å²) in [5.74, 6) is 2.44. The molecule has 290 valence electrons. The van der Waals surface area contributed by atoms with E-state index in [1.165, 1.54) is 31.4 Å². The molecule has 0 amide bonds. The molecule has 7 rings (SSSR count). The van der Waals surface area contributed by atoms with Crippen molar-refractivity contribution in [2.75, 3.05) is 26.2 Å². The minimum atomic E-state index is -0.233. The second-order valence-corrected chi connectivity index (χ2v) is 16.1. The molecule has 4 aromatic rings. The van der Waals surface area contributed by atoms with Gasteiger partial charge in [0, 0.05) is 54.7 Å². The second kappa shape index (κ2) is 18.6. The first-order chi connectivity index (χ1) is 27.3. The molecule has 3 aliphatic rings. The molecule has 4 aromatic carbocycles. The number of nitriles is 1. The van der Waals surface area contributed by atoms with Crippen molar-refractivity contribution in [2.45, 2.75) is 90.0 Å². The van der Waals surface area contributed by atoms with E-state index >= 15 is 0 Å². The van der Waals surface area contributed by atoms with Gasteiger partial charge in [0.1, 0.15) is 35.7 Å². The first-order valence-electron chi connectivity index (χ1n) is 19.8. The van der Waals surface area contributed by atoms with Crippen LogP contribution in [0.4, 0.5) is 5.69 Å². The number of carbonyl (C=O) groups is 1. The van der Waals surface area contributed by atoms with Gasteiger partial charge in [0.05, 0.1) is 29.3 Å². The highest BCUT2D eigenvalue weighted by Crippen LogP contribution is 2.45. The number of rotatable bonds is 15. The quantitative estimate of drug-likeness (QED) is 0.0947. The van der Waals surface area contributed by atoms with E-state index in [0.29, 0.717) is 87.8 Å². The highest BCUT2D eigenvalue weighted by Gasteiger charge is 2.29. The van der Waals surface area contributed by atoms with Gasteiger partial charge in [-0.3, -0.25) is 4.79 Å². The molecular weight excluding hydrogens is 743 g/mol. The molecule has 10 heteroatoms. The van der Waals surface area contributed by atoms with Gasteiger partial charge in [-0.1, -0.05) is 60.0 Å². The first kappa shape index (κ1) is 39.7. The number of hydrogen-bond donors (Lipinski definition) is 1. The predicted molar refractivity (Wildman–Crippen MR) is 221 cm³/mol. The maximum absolute atomic E-state index is 11.8. The van der Waals surface area contributed by atoms with Crippen LogP contribution in [0.15, 0.2) is 66.7 Å². The zero-order chi connectivity index (χ0) is 39.0. The molecule has 1 saturated carbocycles. The predicted octanol–water partition coefficient (Wildman–Crippen LogP) is 10.8. The van der Waals surface area contributed by atoms with Crippen molar-refractivity contribution in [3.05, 3.63) is 116 Å². The Morgan fingerprint density at radius 1 is 0.964 bits per heavy atom. The average Bonchev–Trinajstić information content (AvgIpc) is 3.83. The standard InChI is InChI=1S/C46H48Cl2N4O4/c1-30-8-3-4-17-52(30)18-7-19-54-43-12-6-11-40(46(43)48)37-9-5-10-39-38(37)15-16-42(39)56-45-25-44(55-29-33-20-32(26-49)21-35(22-33)50-2)34(24-41(45)47)28-51-27-31-13-14-36(53)23-31/h5-6,9-12,20-22,24-25,30-31,42,51H,3-4,7-8,13-19,23,27-29H2,1H3/t30-,31+,42-/m0/s1. The van der Waals surface area contributed by atoms with Crippen LogP contribution in [0.3, 0.4) is 0 Å². The number of carbonyl (C=O) groups excluding carboxylic acids is 1. The lowest BCUT2D eigenvalue weighted by Crippen LogP contribution is -2.38. The Kier molecular flexibility index (Phi) is 13.2. The van der Waals surface area contributed by atoms with E-state index in [0.717, 1.165) is 61.0 Å². The zero-order valence-electron chi connectivity index (χ0n) is 31.9. The van der Waals surface area contributed by atoms with E-state index in [1.807, 2.05) is 24.3 Å². The van der Waals surface area contributed by atoms with Gasteiger partial charge in [0.15, 0.2) is 5.69 Å². The summed E-state index contributed by atoms with van der Waals surface area (Å²) in [6.07, 6.45) is 8.33. The fraction of sp³-hybridized carbons (Fsp3) is 0.413. The molecule has 8 nitrogen and oxygen atoms in total. The number of nitrogens with one attached hydrogen (secondary N) is 1. The summed E-state index contributed by atoms with van der Waals surface area (Å²) in [7, 11) is 0. The molecular formula is C46H48Cl2N4O4. The summed E-state index contributed by atoms with van der Waals surface area (Å²) in [6.45, 7) is 14.0. The molecule has 1 N–H and O–H groups in total. The molecule has 0 radical (unpaired) electrons. The Morgan fingerprint density at radius 2 is 1.82 bits per heavy atom. The molecule has 1 heterocycles. The number of ketones is 1. The number of fused-ring (bicyclic) bond motifs is 1. The van der Waals surface area contributed by atoms with Gasteiger partial charge in [-0.05, 0) is 117 Å². The third-order valence-electron chi connectivity index (χ3n) is 11.4. The Hall–Kier alpha value is -4.57. The first-order valence-corrected chi connectivity index (χ1v) is 20.6. The van der Waals surface area contributed by atoms with Gasteiger partial charge in [0.2, 0.25) is 0 Å². The van der Waals surface area contributed by atoms with Gasteiger partial charge < -0.3 is 24.4 Å². The van der Waals surface area contributed by atoms with Crippen LogP contribution in [0.25, 0.3) is 16.0 Å². The minimum Gasteiger partial charge on any atom is -0.492 e. The van der Waals surface area contributed by atoms with Crippen LogP contribution in [0.1, 0.15) is 92.2 Å². The smallest absolute Gasteiger partial charge is 0.188 e. The Balaban J connectivity index is 1.07. The van der Waals surface area contributed by atoms with E-state index in [2.05, 4.69) is 52.3 Å². The fourth-order valence-electron chi connectivity index (χ4n) is 8.38. The van der Waals surface area contributed by atoms with E-state index in [4.69, 9.17) is 44.0 Å². The normalized spacial score (nSPS) is 19.3. The maximum Gasteiger partial charge on any atom is 0.188 e. The number of Topliss-reactive ketones (excluding diaryl/α,β-unsaturated/α-hetero) is 1. The van der Waals surface area contributed by atoms with Crippen LogP contribution in [-0.2, 0) is 24.4 Å². The van der Waals surface area contributed by atoms with Crippen LogP contribution in [-0.4, -0.2) is 43.0 Å². The summed E-state index contributed by atoms with van der Waals surface area (Å²) >= 11 is 14.0. The second-order valence-electron chi connectivity index (χ2n) is 15.3. The molecule has 0 unspecified atom stereocenters. The van der Waals surface area contributed by atoms with Crippen molar-refractivity contribution in [2.24, 2.45) is 5.92 Å². The van der Waals surface area contributed by atoms with E-state index in [1.54, 1.807) is 18.2 Å². The lowest BCUT2D eigenvalue weighted by Gasteiger charge is -2.33. The van der Waals surface area contributed by atoms with Crippen molar-refractivity contribution >= 4 is 34.7 Å². The van der Waals surface area contributed by atoms with E-state index < -0.39 is 0 Å². The SMILES string of the molecule is [C-]#[N+]c1cc(C#N)cc(COc2cc(O[C@H]3CCc4c(-c5cccc(OCCCN6CCCC[C@@H]6C)c5Cl)cccc43)c(Cl)cc2CNC[C@@H]2CCC(=O)C2)c1. The maximum atomic E-state index is 11.8. The average molecular weight is 792 g/mol. The topological polar surface area (TPSA) is 88.2 Å². The van der Waals surface area contributed by atoms with Crippen molar-refractivity contribution in [1.29, 1.82) is 5.26 Å². The van der Waals surface area contributed by atoms with Gasteiger partial charge in [0.25, 0.3) is 0 Å². The number of halogens is 2. The van der Waals surface area contributed by atoms with Crippen LogP contribution in [0.5, 0.6) is 17.2 Å². The van der Waals surface area contributed by atoms with Crippen LogP contribution in [0.2, 0.25) is 10.0 Å². The fourth-order valence-corrected chi connectivity index (χ4v) is 8.89. The van der Waals surface area contributed by atoms with E-state index in [-0.39, 0.29) is 12.7 Å². The molecule has 2 aliphatic carbocycles. The summed E-state index contributed by atoms with van der Waals surface area (Å²) < 4.78 is 19.3. The monoisotopic (exact) mass is 790 g/mol. The highest BCUT2D eigenvalue weighted by molar-refractivity contribution is 6.35. The molecule has 0 aromatic heterocycles. The number of benzene rings is 4. The third kappa shape index (κ3) is 9.51. The van der Waals surface area contributed by atoms with Gasteiger partial charge in [-0.25, -0.2) is 4.85 Å². The molecule has 1 aliphatic heterocycles. The lowest BCUT2D eigenvalue weighted by molar-refractivity contribution is -0.117. The molecule has 3 atom stereocenters. The van der Waals surface area contributed by atoms with E-state index in [9.17, 15) is 10.1 Å². The van der Waals surface area contributed by atoms with Crippen LogP contribution < -0.4 is 19.5 Å². The molecule has 0 bridgehead atoms. The lowest BCUT2D eigenvalue weighted by atomic mass is 9.96. The van der Waals surface area contributed by atoms with Gasteiger partial charge >= 0.3 is 0 Å². The Labute approximate surface area is 340 Å². The summed E-state index contributed by atoms with van der Waals surface area (Å²) in [6, 6.07) is 23.8. The minimum absolute atomic E-state index is 0.153. The number of nitrogens with zero attached hydrogens (tertiary/aromatic N) is 3. The number of hydrogen-bond acceptors (Lipinski definition) is 7. The largest absolute Gasteiger partial charge is 0.492 e. The molecule has 0 spiro atoms. The Bertz CT molecular complexity index is 2110. The third-order valence-corrected chi connectivity index (χ3v) is 12.1. The van der Waals surface area contributed by atoms with Gasteiger partial charge in [-0.2, -0.15) is 5.26 Å². The molecule has 56 heavy (non-hydrogen) atoms. The van der Waals surface area contributed by atoms with Crippen LogP contribution in [0, 0.1) is 23.8 Å². The van der Waals surface area contributed by atoms with Crippen molar-refractivity contribution in [3.8, 4) is 34.4 Å². The van der Waals surface area contributed by atoms with Gasteiger partial charge in [-0.15, -0.1) is 0 Å². The van der Waals surface area contributed by atoms with Crippen molar-refractivity contribution in [3.63, 3.8) is 0 Å².